The van der Waals surface area contributed by atoms with Crippen molar-refractivity contribution in [3.63, 3.8) is 0 Å². The highest BCUT2D eigenvalue weighted by Gasteiger charge is 2.51. The molecular weight excluding hydrogens is 449 g/mol. The molecule has 3 fully saturated rings. The molecule has 0 unspecified atom stereocenters. The van der Waals surface area contributed by atoms with Crippen LogP contribution in [0.3, 0.4) is 0 Å². The number of rotatable bonds is 5. The van der Waals surface area contributed by atoms with Gasteiger partial charge in [0.05, 0.1) is 36.9 Å². The van der Waals surface area contributed by atoms with Gasteiger partial charge in [0.2, 0.25) is 5.88 Å². The van der Waals surface area contributed by atoms with Gasteiger partial charge in [0.15, 0.2) is 0 Å². The quantitative estimate of drug-likeness (QED) is 0.642. The number of halogens is 1. The van der Waals surface area contributed by atoms with Gasteiger partial charge in [0, 0.05) is 63.0 Å². The van der Waals surface area contributed by atoms with Gasteiger partial charge in [-0.1, -0.05) is 0 Å². The molecule has 9 heteroatoms. The number of nitrogens with zero attached hydrogens (tertiary/aromatic N) is 5. The number of carbonyl (C=O) groups excluding carboxylic acids is 1. The van der Waals surface area contributed by atoms with Gasteiger partial charge in [-0.15, -0.1) is 0 Å². The zero-order chi connectivity index (χ0) is 24.6. The molecule has 188 valence electrons. The number of aromatic nitrogens is 2. The smallest absolute Gasteiger partial charge is 0.409 e. The van der Waals surface area contributed by atoms with Gasteiger partial charge in [0.1, 0.15) is 5.82 Å². The van der Waals surface area contributed by atoms with E-state index in [1.165, 1.54) is 6.20 Å². The molecular formula is C26H34FN5O3. The van der Waals surface area contributed by atoms with Crippen molar-refractivity contribution in [2.75, 3.05) is 57.9 Å². The lowest BCUT2D eigenvalue weighted by molar-refractivity contribution is -0.00294. The topological polar surface area (TPSA) is 71.0 Å². The van der Waals surface area contributed by atoms with Crippen LogP contribution in [-0.4, -0.2) is 84.9 Å². The fourth-order valence-corrected chi connectivity index (χ4v) is 5.98. The molecule has 2 aliphatic heterocycles. The summed E-state index contributed by atoms with van der Waals surface area (Å²) in [5.41, 5.74) is 3.50. The summed E-state index contributed by atoms with van der Waals surface area (Å²) < 4.78 is 24.9. The Morgan fingerprint density at radius 1 is 1.17 bits per heavy atom. The summed E-state index contributed by atoms with van der Waals surface area (Å²) in [7, 11) is 1.59. The lowest BCUT2D eigenvalue weighted by atomic mass is 9.78. The highest BCUT2D eigenvalue weighted by molar-refractivity contribution is 5.78. The fraction of sp³-hybridized carbons (Fsp3) is 0.577. The Kier molecular flexibility index (Phi) is 6.53. The maximum Gasteiger partial charge on any atom is 0.409 e. The van der Waals surface area contributed by atoms with Gasteiger partial charge in [-0.2, -0.15) is 0 Å². The first kappa shape index (κ1) is 23.8. The number of piperazine rings is 1. The van der Waals surface area contributed by atoms with Crippen molar-refractivity contribution in [2.45, 2.75) is 39.2 Å². The van der Waals surface area contributed by atoms with Crippen LogP contribution in [0.1, 0.15) is 31.7 Å². The number of pyridine rings is 2. The fourth-order valence-electron chi connectivity index (χ4n) is 5.98. The SMILES string of the molecule is CCOC(=O)N1CC2(CC[C@@H](N3CCN(c4cc(F)cnc4-c4cc(C)cnc4OC)CC3)C2)C1. The van der Waals surface area contributed by atoms with E-state index in [4.69, 9.17) is 9.47 Å². The van der Waals surface area contributed by atoms with Crippen LogP contribution in [0.5, 0.6) is 5.88 Å². The average molecular weight is 484 g/mol. The van der Waals surface area contributed by atoms with Gasteiger partial charge in [0.25, 0.3) is 0 Å². The third-order valence-electron chi connectivity index (χ3n) is 7.70. The largest absolute Gasteiger partial charge is 0.481 e. The van der Waals surface area contributed by atoms with Crippen LogP contribution in [0.15, 0.2) is 24.5 Å². The molecule has 0 N–H and O–H groups in total. The molecule has 2 saturated heterocycles. The molecule has 35 heavy (non-hydrogen) atoms. The van der Waals surface area contributed by atoms with Gasteiger partial charge in [-0.05, 0) is 44.7 Å². The monoisotopic (exact) mass is 483 g/mol. The molecule has 1 amide bonds. The summed E-state index contributed by atoms with van der Waals surface area (Å²) >= 11 is 0. The molecule has 4 heterocycles. The first-order valence-corrected chi connectivity index (χ1v) is 12.5. The molecule has 0 aromatic carbocycles. The summed E-state index contributed by atoms with van der Waals surface area (Å²) in [4.78, 5) is 27.4. The predicted octanol–water partition coefficient (Wildman–Crippen LogP) is 3.73. The van der Waals surface area contributed by atoms with Gasteiger partial charge in [-0.25, -0.2) is 14.2 Å². The van der Waals surface area contributed by atoms with Crippen molar-refractivity contribution in [1.82, 2.24) is 19.8 Å². The Morgan fingerprint density at radius 3 is 2.66 bits per heavy atom. The van der Waals surface area contributed by atoms with Crippen LogP contribution in [0, 0.1) is 18.2 Å². The molecule has 1 aliphatic carbocycles. The number of hydrogen-bond donors (Lipinski definition) is 0. The van der Waals surface area contributed by atoms with Crippen LogP contribution in [0.2, 0.25) is 0 Å². The number of methoxy groups -OCH3 is 1. The van der Waals surface area contributed by atoms with Crippen molar-refractivity contribution in [3.8, 4) is 17.1 Å². The first-order chi connectivity index (χ1) is 16.9. The normalized spacial score (nSPS) is 21.8. The first-order valence-electron chi connectivity index (χ1n) is 12.5. The number of amides is 1. The van der Waals surface area contributed by atoms with Gasteiger partial charge in [-0.3, -0.25) is 9.88 Å². The molecule has 1 saturated carbocycles. The molecule has 2 aromatic rings. The Hall–Kier alpha value is -2.94. The van der Waals surface area contributed by atoms with E-state index in [1.54, 1.807) is 19.4 Å². The van der Waals surface area contributed by atoms with E-state index in [0.29, 0.717) is 24.2 Å². The molecule has 3 aliphatic rings. The summed E-state index contributed by atoms with van der Waals surface area (Å²) in [6, 6.07) is 4.10. The summed E-state index contributed by atoms with van der Waals surface area (Å²) in [6.45, 7) is 9.31. The molecule has 1 atom stereocenters. The summed E-state index contributed by atoms with van der Waals surface area (Å²) in [5, 5.41) is 0. The molecule has 2 aromatic heterocycles. The number of likely N-dealkylation sites (tertiary alicyclic amines) is 1. The Labute approximate surface area is 206 Å². The highest BCUT2D eigenvalue weighted by Crippen LogP contribution is 2.47. The number of carbonyl (C=O) groups is 1. The third-order valence-corrected chi connectivity index (χ3v) is 7.70. The number of aryl methyl sites for hydroxylation is 1. The van der Waals surface area contributed by atoms with Crippen LogP contribution >= 0.6 is 0 Å². The minimum atomic E-state index is -0.348. The van der Waals surface area contributed by atoms with Crippen LogP contribution < -0.4 is 9.64 Å². The second-order valence-corrected chi connectivity index (χ2v) is 10.1. The Balaban J connectivity index is 1.25. The molecule has 8 nitrogen and oxygen atoms in total. The van der Waals surface area contributed by atoms with Crippen molar-refractivity contribution < 1.29 is 18.7 Å². The molecule has 0 radical (unpaired) electrons. The van der Waals surface area contributed by atoms with E-state index in [0.717, 1.165) is 75.3 Å². The van der Waals surface area contributed by atoms with Crippen molar-refractivity contribution in [2.24, 2.45) is 5.41 Å². The van der Waals surface area contributed by atoms with E-state index in [-0.39, 0.29) is 17.3 Å². The lowest BCUT2D eigenvalue weighted by Gasteiger charge is -2.48. The highest BCUT2D eigenvalue weighted by atomic mass is 19.1. The lowest BCUT2D eigenvalue weighted by Crippen LogP contribution is -2.58. The van der Waals surface area contributed by atoms with Gasteiger partial charge < -0.3 is 19.3 Å². The van der Waals surface area contributed by atoms with Crippen LogP contribution in [0.25, 0.3) is 11.3 Å². The second-order valence-electron chi connectivity index (χ2n) is 10.1. The maximum atomic E-state index is 14.3. The van der Waals surface area contributed by atoms with E-state index in [1.807, 2.05) is 24.8 Å². The number of hydrogen-bond acceptors (Lipinski definition) is 7. The minimum Gasteiger partial charge on any atom is -0.481 e. The Bertz CT molecular complexity index is 1080. The van der Waals surface area contributed by atoms with E-state index in [2.05, 4.69) is 19.8 Å². The van der Waals surface area contributed by atoms with Crippen molar-refractivity contribution in [3.05, 3.63) is 35.9 Å². The molecule has 0 bridgehead atoms. The maximum absolute atomic E-state index is 14.3. The summed E-state index contributed by atoms with van der Waals surface area (Å²) in [6.07, 6.45) is 6.28. The minimum absolute atomic E-state index is 0.185. The zero-order valence-electron chi connectivity index (χ0n) is 20.8. The summed E-state index contributed by atoms with van der Waals surface area (Å²) in [5.74, 6) is 0.142. The van der Waals surface area contributed by atoms with E-state index < -0.39 is 0 Å². The van der Waals surface area contributed by atoms with E-state index >= 15 is 0 Å². The molecule has 5 rings (SSSR count). The van der Waals surface area contributed by atoms with Crippen molar-refractivity contribution in [1.29, 1.82) is 0 Å². The van der Waals surface area contributed by atoms with Crippen molar-refractivity contribution >= 4 is 11.8 Å². The van der Waals surface area contributed by atoms with Crippen LogP contribution in [0.4, 0.5) is 14.9 Å². The number of ether oxygens (including phenoxy) is 2. The standard InChI is InChI=1S/C26H34FN5O3/c1-4-35-25(33)32-16-26(17-32)6-5-20(13-26)30-7-9-31(10-8-30)22-12-19(27)15-28-23(22)21-11-18(2)14-29-24(21)34-3/h11-12,14-15,20H,4-10,13,16-17H2,1-3H3/t20-/m1/s1. The predicted molar refractivity (Wildman–Crippen MR) is 131 cm³/mol. The second kappa shape index (κ2) is 9.60. The van der Waals surface area contributed by atoms with Crippen LogP contribution in [-0.2, 0) is 4.74 Å². The zero-order valence-corrected chi connectivity index (χ0v) is 20.8. The number of anilines is 1. The van der Waals surface area contributed by atoms with Gasteiger partial charge >= 0.3 is 6.09 Å². The average Bonchev–Trinajstić information content (AvgIpc) is 3.29. The van der Waals surface area contributed by atoms with E-state index in [9.17, 15) is 9.18 Å². The molecule has 1 spiro atoms. The Morgan fingerprint density at radius 2 is 1.94 bits per heavy atom. The third kappa shape index (κ3) is 4.66.